The Morgan fingerprint density at radius 2 is 2.00 bits per heavy atom. The molecule has 1 aromatic rings. The van der Waals surface area contributed by atoms with Gasteiger partial charge in [0.15, 0.2) is 0 Å². The van der Waals surface area contributed by atoms with Gasteiger partial charge in [0.25, 0.3) is 0 Å². The predicted molar refractivity (Wildman–Crippen MR) is 44.9 cm³/mol. The van der Waals surface area contributed by atoms with Crippen LogP contribution in [0.4, 0.5) is 4.39 Å². The smallest absolute Gasteiger partial charge is 0.307 e. The summed E-state index contributed by atoms with van der Waals surface area (Å²) in [6.45, 7) is 0. The van der Waals surface area contributed by atoms with E-state index in [4.69, 9.17) is 5.11 Å². The van der Waals surface area contributed by atoms with Crippen LogP contribution in [0.2, 0.25) is 0 Å². The van der Waals surface area contributed by atoms with Crippen LogP contribution in [-0.4, -0.2) is 11.1 Å². The molecule has 1 saturated carbocycles. The van der Waals surface area contributed by atoms with Crippen molar-refractivity contribution in [2.75, 3.05) is 0 Å². The van der Waals surface area contributed by atoms with E-state index in [1.54, 1.807) is 12.1 Å². The fraction of sp³-hybridized carbons (Fsp3) is 0.300. The molecule has 0 radical (unpaired) electrons. The summed E-state index contributed by atoms with van der Waals surface area (Å²) in [5.74, 6) is -1.20. The number of aliphatic carboxylic acids is 1. The maximum atomic E-state index is 12.5. The molecule has 2 nitrogen and oxygen atoms in total. The highest BCUT2D eigenvalue weighted by molar-refractivity contribution is 5.75. The molecule has 1 aromatic carbocycles. The van der Waals surface area contributed by atoms with Crippen LogP contribution in [-0.2, 0) is 4.79 Å². The fourth-order valence-corrected chi connectivity index (χ4v) is 1.55. The summed E-state index contributed by atoms with van der Waals surface area (Å²) in [5.41, 5.74) is 0.925. The van der Waals surface area contributed by atoms with Crippen molar-refractivity contribution in [3.63, 3.8) is 0 Å². The van der Waals surface area contributed by atoms with Crippen LogP contribution >= 0.6 is 0 Å². The molecule has 0 aromatic heterocycles. The van der Waals surface area contributed by atoms with Gasteiger partial charge in [-0.15, -0.1) is 0 Å². The summed E-state index contributed by atoms with van der Waals surface area (Å²) in [4.78, 5) is 10.5. The van der Waals surface area contributed by atoms with Gasteiger partial charge >= 0.3 is 5.97 Å². The Morgan fingerprint density at radius 3 is 2.46 bits per heavy atom. The summed E-state index contributed by atoms with van der Waals surface area (Å²) in [6, 6.07) is 6.05. The van der Waals surface area contributed by atoms with Crippen molar-refractivity contribution in [2.45, 2.75) is 12.3 Å². The lowest BCUT2D eigenvalue weighted by Crippen LogP contribution is -1.98. The Morgan fingerprint density at radius 1 is 1.38 bits per heavy atom. The summed E-state index contributed by atoms with van der Waals surface area (Å²) < 4.78 is 12.5. The minimum Gasteiger partial charge on any atom is -0.481 e. The minimum absolute atomic E-state index is 0.0955. The summed E-state index contributed by atoms with van der Waals surface area (Å²) in [5, 5.41) is 8.67. The third kappa shape index (κ3) is 1.54. The van der Waals surface area contributed by atoms with Crippen LogP contribution in [0.3, 0.4) is 0 Å². The molecule has 0 saturated heterocycles. The number of hydrogen-bond acceptors (Lipinski definition) is 1. The monoisotopic (exact) mass is 180 g/mol. The molecular weight excluding hydrogens is 171 g/mol. The highest BCUT2D eigenvalue weighted by atomic mass is 19.1. The van der Waals surface area contributed by atoms with Crippen LogP contribution in [0, 0.1) is 11.7 Å². The Kier molecular flexibility index (Phi) is 1.79. The van der Waals surface area contributed by atoms with Gasteiger partial charge in [-0.2, -0.15) is 0 Å². The normalized spacial score (nSPS) is 25.6. The number of hydrogen-bond donors (Lipinski definition) is 1. The van der Waals surface area contributed by atoms with Crippen LogP contribution in [0.5, 0.6) is 0 Å². The standard InChI is InChI=1S/C10H9FO2/c11-7-3-1-6(2-4-7)8-5-9(8)10(12)13/h1-4,8-9H,5H2,(H,12,13)/t8?,9-/m1/s1. The van der Waals surface area contributed by atoms with Gasteiger partial charge in [0.1, 0.15) is 5.82 Å². The number of carboxylic acid groups (broad SMARTS) is 1. The SMILES string of the molecule is O=C(O)[C@@H]1CC1c1ccc(F)cc1. The number of carbonyl (C=O) groups is 1. The Bertz CT molecular complexity index is 331. The fourth-order valence-electron chi connectivity index (χ4n) is 1.55. The molecule has 2 atom stereocenters. The van der Waals surface area contributed by atoms with Gasteiger partial charge in [0.2, 0.25) is 0 Å². The van der Waals surface area contributed by atoms with Gasteiger partial charge in [-0.05, 0) is 30.0 Å². The highest BCUT2D eigenvalue weighted by Gasteiger charge is 2.43. The van der Waals surface area contributed by atoms with E-state index >= 15 is 0 Å². The molecule has 1 N–H and O–H groups in total. The zero-order valence-electron chi connectivity index (χ0n) is 6.90. The van der Waals surface area contributed by atoms with E-state index in [0.717, 1.165) is 5.56 Å². The number of carboxylic acids is 1. The summed E-state index contributed by atoms with van der Waals surface area (Å²) in [7, 11) is 0. The molecule has 0 amide bonds. The first-order chi connectivity index (χ1) is 6.18. The lowest BCUT2D eigenvalue weighted by atomic mass is 10.1. The molecular formula is C10H9FO2. The quantitative estimate of drug-likeness (QED) is 0.755. The Labute approximate surface area is 75.0 Å². The summed E-state index contributed by atoms with van der Waals surface area (Å²) in [6.07, 6.45) is 0.682. The molecule has 2 rings (SSSR count). The lowest BCUT2D eigenvalue weighted by Gasteiger charge is -1.96. The topological polar surface area (TPSA) is 37.3 Å². The van der Waals surface area contributed by atoms with E-state index in [1.807, 2.05) is 0 Å². The number of halogens is 1. The largest absolute Gasteiger partial charge is 0.481 e. The van der Waals surface area contributed by atoms with Gasteiger partial charge in [-0.3, -0.25) is 4.79 Å². The van der Waals surface area contributed by atoms with Crippen LogP contribution < -0.4 is 0 Å². The lowest BCUT2D eigenvalue weighted by molar-refractivity contribution is -0.138. The van der Waals surface area contributed by atoms with Crippen molar-refractivity contribution in [2.24, 2.45) is 5.92 Å². The van der Waals surface area contributed by atoms with E-state index in [9.17, 15) is 9.18 Å². The first kappa shape index (κ1) is 8.23. The molecule has 0 bridgehead atoms. The number of rotatable bonds is 2. The Balaban J connectivity index is 2.12. The second-order valence-corrected chi connectivity index (χ2v) is 3.34. The highest BCUT2D eigenvalue weighted by Crippen LogP contribution is 2.47. The second kappa shape index (κ2) is 2.83. The zero-order chi connectivity index (χ0) is 9.42. The number of benzene rings is 1. The van der Waals surface area contributed by atoms with Crippen molar-refractivity contribution in [1.29, 1.82) is 0 Å². The second-order valence-electron chi connectivity index (χ2n) is 3.34. The van der Waals surface area contributed by atoms with E-state index in [0.29, 0.717) is 6.42 Å². The molecule has 0 heterocycles. The van der Waals surface area contributed by atoms with E-state index in [-0.39, 0.29) is 17.7 Å². The van der Waals surface area contributed by atoms with Crippen molar-refractivity contribution in [1.82, 2.24) is 0 Å². The molecule has 0 spiro atoms. The maximum Gasteiger partial charge on any atom is 0.307 e. The van der Waals surface area contributed by atoms with Crippen LogP contribution in [0.25, 0.3) is 0 Å². The van der Waals surface area contributed by atoms with E-state index < -0.39 is 5.97 Å². The van der Waals surface area contributed by atoms with Gasteiger partial charge in [-0.1, -0.05) is 12.1 Å². The average molecular weight is 180 g/mol. The van der Waals surface area contributed by atoms with Crippen LogP contribution in [0.1, 0.15) is 17.9 Å². The third-order valence-corrected chi connectivity index (χ3v) is 2.41. The molecule has 1 fully saturated rings. The molecule has 3 heteroatoms. The van der Waals surface area contributed by atoms with E-state index in [1.165, 1.54) is 12.1 Å². The third-order valence-electron chi connectivity index (χ3n) is 2.41. The molecule has 1 aliphatic carbocycles. The van der Waals surface area contributed by atoms with Gasteiger partial charge in [0, 0.05) is 0 Å². The molecule has 68 valence electrons. The molecule has 1 unspecified atom stereocenters. The zero-order valence-corrected chi connectivity index (χ0v) is 6.90. The maximum absolute atomic E-state index is 12.5. The minimum atomic E-state index is -0.755. The van der Waals surface area contributed by atoms with Crippen LogP contribution in [0.15, 0.2) is 24.3 Å². The van der Waals surface area contributed by atoms with E-state index in [2.05, 4.69) is 0 Å². The Hall–Kier alpha value is -1.38. The first-order valence-electron chi connectivity index (χ1n) is 4.17. The van der Waals surface area contributed by atoms with Crippen molar-refractivity contribution < 1.29 is 14.3 Å². The van der Waals surface area contributed by atoms with Crippen molar-refractivity contribution >= 4 is 5.97 Å². The average Bonchev–Trinajstić information content (AvgIpc) is 2.85. The first-order valence-corrected chi connectivity index (χ1v) is 4.17. The summed E-state index contributed by atoms with van der Waals surface area (Å²) >= 11 is 0. The molecule has 1 aliphatic rings. The predicted octanol–water partition coefficient (Wildman–Crippen LogP) is 2.01. The van der Waals surface area contributed by atoms with Crippen molar-refractivity contribution in [3.05, 3.63) is 35.6 Å². The van der Waals surface area contributed by atoms with Gasteiger partial charge in [-0.25, -0.2) is 4.39 Å². The van der Waals surface area contributed by atoms with Crippen molar-refractivity contribution in [3.8, 4) is 0 Å². The molecule has 13 heavy (non-hydrogen) atoms. The van der Waals surface area contributed by atoms with Gasteiger partial charge in [0.05, 0.1) is 5.92 Å². The van der Waals surface area contributed by atoms with Gasteiger partial charge < -0.3 is 5.11 Å². The molecule has 0 aliphatic heterocycles.